The van der Waals surface area contributed by atoms with Crippen LogP contribution in [0.5, 0.6) is 0 Å². The Balaban J connectivity index is 2.08. The van der Waals surface area contributed by atoms with Crippen LogP contribution in [0.3, 0.4) is 0 Å². The molecule has 1 fully saturated rings. The molecule has 0 spiro atoms. The number of unbranched alkanes of at least 4 members (excludes halogenated alkanes) is 24. The van der Waals surface area contributed by atoms with Gasteiger partial charge in [0.1, 0.15) is 31.0 Å². The van der Waals surface area contributed by atoms with Crippen molar-refractivity contribution in [2.24, 2.45) is 0 Å². The molecule has 0 bridgehead atoms. The Bertz CT molecular complexity index is 809. The molecule has 0 amide bonds. The summed E-state index contributed by atoms with van der Waals surface area (Å²) >= 11 is 0. The molecule has 51 heavy (non-hydrogen) atoms. The molecular weight excluding hydrogens is 652 g/mol. The van der Waals surface area contributed by atoms with Gasteiger partial charge < -0.3 is 39.4 Å². The lowest BCUT2D eigenvalue weighted by atomic mass is 9.99. The lowest BCUT2D eigenvalue weighted by molar-refractivity contribution is -0.305. The fourth-order valence-corrected chi connectivity index (χ4v) is 6.58. The maximum absolute atomic E-state index is 12.6. The highest BCUT2D eigenvalue weighted by Crippen LogP contribution is 2.23. The van der Waals surface area contributed by atoms with Gasteiger partial charge in [-0.3, -0.25) is 9.59 Å². The van der Waals surface area contributed by atoms with Gasteiger partial charge in [-0.2, -0.15) is 0 Å². The zero-order chi connectivity index (χ0) is 37.4. The van der Waals surface area contributed by atoms with Crippen molar-refractivity contribution >= 4 is 11.9 Å². The normalized spacial score (nSPS) is 21.1. The van der Waals surface area contributed by atoms with Gasteiger partial charge >= 0.3 is 11.9 Å². The Morgan fingerprint density at radius 2 is 0.941 bits per heavy atom. The first-order valence-electron chi connectivity index (χ1n) is 21.1. The highest BCUT2D eigenvalue weighted by atomic mass is 16.7. The molecule has 0 aliphatic carbocycles. The van der Waals surface area contributed by atoms with Crippen molar-refractivity contribution in [3.05, 3.63) is 0 Å². The number of ether oxygens (including phenoxy) is 4. The number of carbonyl (C=O) groups excluding carboxylic acids is 2. The number of aliphatic hydroxyl groups excluding tert-OH is 4. The van der Waals surface area contributed by atoms with Crippen molar-refractivity contribution in [3.8, 4) is 0 Å². The zero-order valence-corrected chi connectivity index (χ0v) is 32.6. The van der Waals surface area contributed by atoms with E-state index in [-0.39, 0.29) is 26.1 Å². The van der Waals surface area contributed by atoms with Crippen LogP contribution in [0.1, 0.15) is 194 Å². The molecule has 6 unspecified atom stereocenters. The van der Waals surface area contributed by atoms with Gasteiger partial charge in [0.05, 0.1) is 13.2 Å². The quantitative estimate of drug-likeness (QED) is 0.0371. The van der Waals surface area contributed by atoms with E-state index >= 15 is 0 Å². The van der Waals surface area contributed by atoms with Gasteiger partial charge in [-0.15, -0.1) is 0 Å². The minimum Gasteiger partial charge on any atom is -0.462 e. The van der Waals surface area contributed by atoms with Crippen LogP contribution in [0.25, 0.3) is 0 Å². The van der Waals surface area contributed by atoms with Crippen molar-refractivity contribution in [1.82, 2.24) is 0 Å². The minimum atomic E-state index is -1.59. The van der Waals surface area contributed by atoms with E-state index < -0.39 is 55.4 Å². The van der Waals surface area contributed by atoms with Crippen molar-refractivity contribution in [2.45, 2.75) is 230 Å². The smallest absolute Gasteiger partial charge is 0.306 e. The number of hydrogen-bond donors (Lipinski definition) is 4. The van der Waals surface area contributed by atoms with E-state index in [2.05, 4.69) is 6.92 Å². The molecule has 302 valence electrons. The van der Waals surface area contributed by atoms with E-state index in [1.54, 1.807) is 0 Å². The topological polar surface area (TPSA) is 152 Å². The van der Waals surface area contributed by atoms with Crippen LogP contribution in [0, 0.1) is 0 Å². The maximum Gasteiger partial charge on any atom is 0.306 e. The second kappa shape index (κ2) is 33.3. The first-order chi connectivity index (χ1) is 24.8. The van der Waals surface area contributed by atoms with E-state index in [1.165, 1.54) is 128 Å². The van der Waals surface area contributed by atoms with Gasteiger partial charge in [0.15, 0.2) is 12.4 Å². The van der Waals surface area contributed by atoms with Crippen LogP contribution in [0.15, 0.2) is 0 Å². The Labute approximate surface area is 310 Å². The summed E-state index contributed by atoms with van der Waals surface area (Å²) < 4.78 is 21.8. The van der Waals surface area contributed by atoms with Gasteiger partial charge in [0.25, 0.3) is 0 Å². The third kappa shape index (κ3) is 25.4. The molecule has 1 aliphatic heterocycles. The van der Waals surface area contributed by atoms with Crippen LogP contribution in [-0.4, -0.2) is 89.0 Å². The van der Waals surface area contributed by atoms with Crippen molar-refractivity contribution in [3.63, 3.8) is 0 Å². The molecule has 0 aromatic rings. The summed E-state index contributed by atoms with van der Waals surface area (Å²) in [6.07, 6.45) is 25.4. The lowest BCUT2D eigenvalue weighted by Gasteiger charge is -2.39. The van der Waals surface area contributed by atoms with Crippen LogP contribution in [0.2, 0.25) is 0 Å². The summed E-state index contributed by atoms with van der Waals surface area (Å²) in [5.41, 5.74) is 0. The van der Waals surface area contributed by atoms with Gasteiger partial charge in [-0.1, -0.05) is 168 Å². The van der Waals surface area contributed by atoms with Crippen molar-refractivity contribution in [1.29, 1.82) is 0 Å². The second-order valence-corrected chi connectivity index (χ2v) is 14.8. The Kier molecular flexibility index (Phi) is 31.1. The van der Waals surface area contributed by atoms with E-state index in [4.69, 9.17) is 18.9 Å². The van der Waals surface area contributed by atoms with Gasteiger partial charge in [-0.05, 0) is 12.8 Å². The fraction of sp³-hybridized carbons (Fsp3) is 0.951. The molecule has 6 atom stereocenters. The first-order valence-corrected chi connectivity index (χ1v) is 21.1. The lowest BCUT2D eigenvalue weighted by Crippen LogP contribution is -2.59. The molecule has 4 N–H and O–H groups in total. The fourth-order valence-electron chi connectivity index (χ4n) is 6.58. The Hall–Kier alpha value is -1.30. The molecule has 0 radical (unpaired) electrons. The van der Waals surface area contributed by atoms with E-state index in [0.29, 0.717) is 12.8 Å². The molecule has 1 heterocycles. The summed E-state index contributed by atoms with van der Waals surface area (Å²) in [7, 11) is 0. The summed E-state index contributed by atoms with van der Waals surface area (Å²) in [6, 6.07) is 0. The average molecular weight is 731 g/mol. The highest BCUT2D eigenvalue weighted by molar-refractivity contribution is 5.70. The van der Waals surface area contributed by atoms with E-state index in [1.807, 2.05) is 6.92 Å². The first kappa shape index (κ1) is 47.7. The Morgan fingerprint density at radius 3 is 1.37 bits per heavy atom. The van der Waals surface area contributed by atoms with E-state index in [9.17, 15) is 30.0 Å². The van der Waals surface area contributed by atoms with Crippen LogP contribution >= 0.6 is 0 Å². The summed E-state index contributed by atoms with van der Waals surface area (Å²) in [5, 5.41) is 39.7. The third-order valence-electron chi connectivity index (χ3n) is 9.99. The number of aliphatic hydroxyl groups is 4. The van der Waals surface area contributed by atoms with E-state index in [0.717, 1.165) is 25.7 Å². The van der Waals surface area contributed by atoms with Gasteiger partial charge in [0.2, 0.25) is 0 Å². The zero-order valence-electron chi connectivity index (χ0n) is 32.6. The molecule has 0 aromatic heterocycles. The van der Waals surface area contributed by atoms with Crippen LogP contribution in [0.4, 0.5) is 0 Å². The summed E-state index contributed by atoms with van der Waals surface area (Å²) in [4.78, 5) is 24.6. The molecule has 1 saturated heterocycles. The van der Waals surface area contributed by atoms with Crippen LogP contribution in [-0.2, 0) is 28.5 Å². The standard InChI is InChI=1S/C41H78O10/c1-3-5-7-8-9-10-11-12-13-14-15-16-17-18-19-20-21-22-23-24-25-26-27-28-30-37(44)50-34(32-48-36(43)29-6-4-2)33-49-41-40(47)39(46)38(45)35(31-42)51-41/h34-35,38-42,45-47H,3-33H2,1-2H3. The average Bonchev–Trinajstić information content (AvgIpc) is 3.13. The number of rotatable bonds is 35. The van der Waals surface area contributed by atoms with Gasteiger partial charge in [0, 0.05) is 12.8 Å². The minimum absolute atomic E-state index is 0.217. The maximum atomic E-state index is 12.6. The Morgan fingerprint density at radius 1 is 0.529 bits per heavy atom. The monoisotopic (exact) mass is 731 g/mol. The summed E-state index contributed by atoms with van der Waals surface area (Å²) in [6.45, 7) is 3.18. The predicted octanol–water partition coefficient (Wildman–Crippen LogP) is 8.22. The van der Waals surface area contributed by atoms with Crippen LogP contribution < -0.4 is 0 Å². The number of esters is 2. The molecular formula is C41H78O10. The summed E-state index contributed by atoms with van der Waals surface area (Å²) in [5.74, 6) is -0.837. The third-order valence-corrected chi connectivity index (χ3v) is 9.99. The number of carbonyl (C=O) groups is 2. The molecule has 1 rings (SSSR count). The molecule has 0 saturated carbocycles. The SMILES string of the molecule is CCCCCCCCCCCCCCCCCCCCCCCCCCC(=O)OC(COC(=O)CCCC)COC1OC(CO)C(O)C(O)C1O. The largest absolute Gasteiger partial charge is 0.462 e. The van der Waals surface area contributed by atoms with Crippen molar-refractivity contribution < 1.29 is 49.0 Å². The number of hydrogen-bond acceptors (Lipinski definition) is 10. The molecule has 0 aromatic carbocycles. The highest BCUT2D eigenvalue weighted by Gasteiger charge is 2.44. The second-order valence-electron chi connectivity index (χ2n) is 14.8. The predicted molar refractivity (Wildman–Crippen MR) is 201 cm³/mol. The van der Waals surface area contributed by atoms with Gasteiger partial charge in [-0.25, -0.2) is 0 Å². The molecule has 1 aliphatic rings. The molecule has 10 heteroatoms. The molecule has 10 nitrogen and oxygen atoms in total. The van der Waals surface area contributed by atoms with Crippen molar-refractivity contribution in [2.75, 3.05) is 19.8 Å².